The van der Waals surface area contributed by atoms with Crippen LogP contribution < -0.4 is 21.7 Å². The molecule has 0 aliphatic heterocycles. The van der Waals surface area contributed by atoms with E-state index in [0.717, 1.165) is 17.0 Å². The molecule has 4 rings (SSSR count). The van der Waals surface area contributed by atoms with Gasteiger partial charge in [-0.15, -0.1) is 0 Å². The van der Waals surface area contributed by atoms with Crippen molar-refractivity contribution in [1.29, 1.82) is 0 Å². The molecule has 3 amide bonds. The number of fused-ring (bicyclic) bond motifs is 1. The Morgan fingerprint density at radius 1 is 1.16 bits per heavy atom. The van der Waals surface area contributed by atoms with Crippen LogP contribution in [0.5, 0.6) is 0 Å². The molecule has 0 fully saturated rings. The molecular formula is C25H23FN6O5S. The van der Waals surface area contributed by atoms with Gasteiger partial charge in [0.1, 0.15) is 23.3 Å². The normalized spacial score (nSPS) is 11.6. The number of para-hydroxylation sites is 1. The number of hydrogen-bond donors (Lipinski definition) is 4. The number of aromatic nitrogens is 2. The molecule has 2 aromatic carbocycles. The van der Waals surface area contributed by atoms with Crippen molar-refractivity contribution >= 4 is 57.5 Å². The first kappa shape index (κ1) is 26.3. The van der Waals surface area contributed by atoms with Crippen LogP contribution in [0.2, 0.25) is 0 Å². The number of ether oxygens (including phenoxy) is 1. The van der Waals surface area contributed by atoms with Crippen LogP contribution in [0.3, 0.4) is 0 Å². The third kappa shape index (κ3) is 5.18. The van der Waals surface area contributed by atoms with E-state index in [0.29, 0.717) is 28.0 Å². The molecule has 0 bridgehead atoms. The van der Waals surface area contributed by atoms with E-state index in [-0.39, 0.29) is 28.6 Å². The van der Waals surface area contributed by atoms with Gasteiger partial charge in [0.05, 0.1) is 12.3 Å². The largest absolute Gasteiger partial charge is 0.465 e. The lowest BCUT2D eigenvalue weighted by Crippen LogP contribution is -2.45. The summed E-state index contributed by atoms with van der Waals surface area (Å²) in [5.41, 5.74) is 12.0. The minimum absolute atomic E-state index is 0.119. The van der Waals surface area contributed by atoms with Crippen molar-refractivity contribution in [2.24, 2.45) is 5.73 Å². The SMILES string of the molecule is CCOC(=O)CNC(=O)[C@@H](c1c[nH]c2ccccc12)N(C(=O)c1snc(C(N)=O)c1N)c1ccc(F)cc1. The fourth-order valence-corrected chi connectivity index (χ4v) is 4.65. The van der Waals surface area contributed by atoms with Crippen LogP contribution >= 0.6 is 11.5 Å². The zero-order valence-corrected chi connectivity index (χ0v) is 20.9. The number of nitrogens with zero attached hydrogens (tertiary/aromatic N) is 2. The predicted octanol–water partition coefficient (Wildman–Crippen LogP) is 2.51. The predicted molar refractivity (Wildman–Crippen MR) is 139 cm³/mol. The highest BCUT2D eigenvalue weighted by molar-refractivity contribution is 7.09. The Balaban J connectivity index is 1.88. The number of primary amides is 1. The van der Waals surface area contributed by atoms with Crippen molar-refractivity contribution in [1.82, 2.24) is 14.7 Å². The van der Waals surface area contributed by atoms with Crippen molar-refractivity contribution in [3.63, 3.8) is 0 Å². The highest BCUT2D eigenvalue weighted by atomic mass is 32.1. The standard InChI is InChI=1S/C25H23FN6O5S/c1-2-37-18(33)12-30-24(35)21(16-11-29-17-6-4-3-5-15(16)17)32(14-9-7-13(26)8-10-14)25(36)22-19(27)20(23(28)34)31-38-22/h3-11,21,29H,2,12,27H2,1H3,(H2,28,34)(H,30,35)/t21-/m1/s1. The van der Waals surface area contributed by atoms with Crippen LogP contribution in [0, 0.1) is 5.82 Å². The van der Waals surface area contributed by atoms with E-state index in [1.165, 1.54) is 12.1 Å². The smallest absolute Gasteiger partial charge is 0.325 e. The number of rotatable bonds is 9. The zero-order chi connectivity index (χ0) is 27.4. The Morgan fingerprint density at radius 2 is 1.87 bits per heavy atom. The lowest BCUT2D eigenvalue weighted by atomic mass is 10.0. The molecule has 0 saturated carbocycles. The number of H-pyrrole nitrogens is 1. The monoisotopic (exact) mass is 538 g/mol. The summed E-state index contributed by atoms with van der Waals surface area (Å²) in [5.74, 6) is -3.67. The molecule has 0 aliphatic rings. The molecule has 0 unspecified atom stereocenters. The fraction of sp³-hybridized carbons (Fsp3) is 0.160. The highest BCUT2D eigenvalue weighted by Crippen LogP contribution is 2.35. The molecule has 0 aliphatic carbocycles. The first-order chi connectivity index (χ1) is 18.2. The Hall–Kier alpha value is -4.78. The summed E-state index contributed by atoms with van der Waals surface area (Å²) in [6.45, 7) is 1.29. The van der Waals surface area contributed by atoms with Crippen LogP contribution in [-0.4, -0.2) is 46.2 Å². The summed E-state index contributed by atoms with van der Waals surface area (Å²) in [5, 5.41) is 3.14. The van der Waals surface area contributed by atoms with E-state index in [2.05, 4.69) is 14.7 Å². The number of carbonyl (C=O) groups is 4. The molecule has 38 heavy (non-hydrogen) atoms. The zero-order valence-electron chi connectivity index (χ0n) is 20.1. The van der Waals surface area contributed by atoms with E-state index in [9.17, 15) is 23.6 Å². The van der Waals surface area contributed by atoms with Gasteiger partial charge < -0.3 is 26.5 Å². The first-order valence-corrected chi connectivity index (χ1v) is 12.1. The molecule has 1 atom stereocenters. The summed E-state index contributed by atoms with van der Waals surface area (Å²) in [4.78, 5) is 55.4. The molecule has 4 aromatic rings. The molecular weight excluding hydrogens is 515 g/mol. The number of benzene rings is 2. The quantitative estimate of drug-likeness (QED) is 0.237. The van der Waals surface area contributed by atoms with Crippen LogP contribution in [0.25, 0.3) is 10.9 Å². The maximum Gasteiger partial charge on any atom is 0.325 e. The topological polar surface area (TPSA) is 174 Å². The number of anilines is 2. The molecule has 0 spiro atoms. The molecule has 11 nitrogen and oxygen atoms in total. The van der Waals surface area contributed by atoms with Gasteiger partial charge in [-0.3, -0.25) is 24.1 Å². The van der Waals surface area contributed by atoms with Crippen molar-refractivity contribution in [2.75, 3.05) is 23.8 Å². The first-order valence-electron chi connectivity index (χ1n) is 11.4. The van der Waals surface area contributed by atoms with E-state index in [1.807, 2.05) is 0 Å². The minimum Gasteiger partial charge on any atom is -0.465 e. The fourth-order valence-electron chi connectivity index (χ4n) is 3.91. The number of nitrogens with two attached hydrogens (primary N) is 2. The van der Waals surface area contributed by atoms with Gasteiger partial charge in [0.25, 0.3) is 11.8 Å². The molecule has 2 heterocycles. The molecule has 196 valence electrons. The average Bonchev–Trinajstić information content (AvgIpc) is 3.50. The van der Waals surface area contributed by atoms with E-state index in [4.69, 9.17) is 16.2 Å². The summed E-state index contributed by atoms with van der Waals surface area (Å²) >= 11 is 0.639. The number of aromatic amines is 1. The average molecular weight is 539 g/mol. The summed E-state index contributed by atoms with van der Waals surface area (Å²) in [7, 11) is 0. The highest BCUT2D eigenvalue weighted by Gasteiger charge is 2.37. The van der Waals surface area contributed by atoms with Crippen LogP contribution in [0.15, 0.2) is 54.7 Å². The molecule has 2 aromatic heterocycles. The number of halogens is 1. The second-order valence-corrected chi connectivity index (χ2v) is 8.78. The van der Waals surface area contributed by atoms with Crippen molar-refractivity contribution in [3.05, 3.63) is 76.7 Å². The number of hydrogen-bond acceptors (Lipinski definition) is 8. The third-order valence-electron chi connectivity index (χ3n) is 5.61. The van der Waals surface area contributed by atoms with Gasteiger partial charge in [-0.2, -0.15) is 4.37 Å². The Labute approximate surface area is 219 Å². The molecule has 0 radical (unpaired) electrons. The maximum absolute atomic E-state index is 14.0. The van der Waals surface area contributed by atoms with Crippen molar-refractivity contribution in [3.8, 4) is 0 Å². The van der Waals surface area contributed by atoms with Crippen LogP contribution in [-0.2, 0) is 14.3 Å². The number of esters is 1. The Kier molecular flexibility index (Phi) is 7.67. The van der Waals surface area contributed by atoms with Crippen molar-refractivity contribution in [2.45, 2.75) is 13.0 Å². The number of amides is 3. The van der Waals surface area contributed by atoms with Crippen LogP contribution in [0.1, 0.15) is 38.7 Å². The number of nitrogens with one attached hydrogen (secondary N) is 2. The van der Waals surface area contributed by atoms with Gasteiger partial charge in [-0.05, 0) is 48.8 Å². The molecule has 0 saturated heterocycles. The van der Waals surface area contributed by atoms with Crippen molar-refractivity contribution < 1.29 is 28.3 Å². The summed E-state index contributed by atoms with van der Waals surface area (Å²) < 4.78 is 22.6. The van der Waals surface area contributed by atoms with E-state index < -0.39 is 42.1 Å². The van der Waals surface area contributed by atoms with E-state index in [1.54, 1.807) is 37.4 Å². The van der Waals surface area contributed by atoms with Gasteiger partial charge >= 0.3 is 5.97 Å². The van der Waals surface area contributed by atoms with Gasteiger partial charge in [0.15, 0.2) is 5.69 Å². The maximum atomic E-state index is 14.0. The third-order valence-corrected chi connectivity index (χ3v) is 6.46. The van der Waals surface area contributed by atoms with E-state index >= 15 is 0 Å². The minimum atomic E-state index is -1.36. The summed E-state index contributed by atoms with van der Waals surface area (Å²) in [6, 6.07) is 10.6. The van der Waals surface area contributed by atoms with Gasteiger partial charge in [-0.1, -0.05) is 18.2 Å². The lowest BCUT2D eigenvalue weighted by molar-refractivity contribution is -0.143. The second-order valence-electron chi connectivity index (χ2n) is 8.00. The summed E-state index contributed by atoms with van der Waals surface area (Å²) in [6.07, 6.45) is 1.56. The number of nitrogen functional groups attached to an aromatic ring is 1. The Morgan fingerprint density at radius 3 is 2.53 bits per heavy atom. The van der Waals surface area contributed by atoms with Gasteiger partial charge in [0.2, 0.25) is 5.91 Å². The van der Waals surface area contributed by atoms with Gasteiger partial charge in [-0.25, -0.2) is 4.39 Å². The van der Waals surface area contributed by atoms with Gasteiger partial charge in [0, 0.05) is 28.4 Å². The lowest BCUT2D eigenvalue weighted by Gasteiger charge is -2.31. The van der Waals surface area contributed by atoms with Crippen LogP contribution in [0.4, 0.5) is 15.8 Å². The number of carbonyl (C=O) groups excluding carboxylic acids is 4. The molecule has 6 N–H and O–H groups in total. The Bertz CT molecular complexity index is 1520. The second kappa shape index (κ2) is 11.1. The molecule has 13 heteroatoms.